The Bertz CT molecular complexity index is 904. The van der Waals surface area contributed by atoms with Crippen LogP contribution in [0.15, 0.2) is 58.5 Å². The van der Waals surface area contributed by atoms with Crippen LogP contribution in [-0.2, 0) is 14.8 Å². The van der Waals surface area contributed by atoms with Crippen molar-refractivity contribution in [3.8, 4) is 0 Å². The van der Waals surface area contributed by atoms with Crippen LogP contribution in [0.1, 0.15) is 19.4 Å². The maximum atomic E-state index is 13.1. The Labute approximate surface area is 158 Å². The lowest BCUT2D eigenvalue weighted by Crippen LogP contribution is -2.39. The van der Waals surface area contributed by atoms with Gasteiger partial charge in [0.25, 0.3) is 15.9 Å². The van der Waals surface area contributed by atoms with Crippen LogP contribution in [0.2, 0.25) is 5.02 Å². The first-order valence-electron chi connectivity index (χ1n) is 7.85. The molecule has 2 rings (SSSR count). The average Bonchev–Trinajstić information content (AvgIpc) is 2.59. The number of nitrogens with one attached hydrogen (secondary N) is 1. The topological polar surface area (TPSA) is 78.8 Å². The lowest BCUT2D eigenvalue weighted by molar-refractivity contribution is -0.119. The molecule has 2 aromatic rings. The molecule has 0 aliphatic carbocycles. The summed E-state index contributed by atoms with van der Waals surface area (Å²) in [5.41, 5.74) is 4.37. The number of hydrogen-bond acceptors (Lipinski definition) is 4. The third-order valence-corrected chi connectivity index (χ3v) is 5.46. The van der Waals surface area contributed by atoms with E-state index in [0.717, 1.165) is 9.87 Å². The fourth-order valence-corrected chi connectivity index (χ4v) is 3.65. The molecule has 0 fully saturated rings. The van der Waals surface area contributed by atoms with Gasteiger partial charge < -0.3 is 0 Å². The molecule has 0 saturated carbocycles. The molecule has 138 valence electrons. The van der Waals surface area contributed by atoms with Crippen molar-refractivity contribution in [3.63, 3.8) is 0 Å². The maximum Gasteiger partial charge on any atom is 0.264 e. The number of aryl methyl sites for hydroxylation is 1. The van der Waals surface area contributed by atoms with Crippen LogP contribution in [0.25, 0.3) is 0 Å². The van der Waals surface area contributed by atoms with E-state index in [2.05, 4.69) is 10.5 Å². The first-order valence-corrected chi connectivity index (χ1v) is 9.66. The average molecular weight is 394 g/mol. The zero-order valence-corrected chi connectivity index (χ0v) is 16.3. The Morgan fingerprint density at radius 3 is 2.19 bits per heavy atom. The number of anilines is 1. The molecule has 0 aliphatic heterocycles. The molecule has 1 N–H and O–H groups in total. The van der Waals surface area contributed by atoms with Crippen LogP contribution in [0, 0.1) is 6.92 Å². The molecule has 0 spiro atoms. The van der Waals surface area contributed by atoms with Crippen molar-refractivity contribution in [1.29, 1.82) is 0 Å². The van der Waals surface area contributed by atoms with Crippen LogP contribution < -0.4 is 9.73 Å². The summed E-state index contributed by atoms with van der Waals surface area (Å²) in [5, 5.41) is 4.26. The van der Waals surface area contributed by atoms with E-state index < -0.39 is 22.5 Å². The highest BCUT2D eigenvalue weighted by Gasteiger charge is 2.27. The standard InChI is InChI=1S/C18H20ClN3O3S/c1-13(2)20-21-18(23)12-22(16-8-4-14(3)5-9-16)26(24,25)17-10-6-15(19)7-11-17/h4-11H,12H2,1-3H3,(H,21,23). The van der Waals surface area contributed by atoms with Gasteiger partial charge in [-0.15, -0.1) is 0 Å². The minimum Gasteiger partial charge on any atom is -0.271 e. The summed E-state index contributed by atoms with van der Waals surface area (Å²) < 4.78 is 27.2. The summed E-state index contributed by atoms with van der Waals surface area (Å²) >= 11 is 5.84. The summed E-state index contributed by atoms with van der Waals surface area (Å²) in [4.78, 5) is 12.2. The smallest absolute Gasteiger partial charge is 0.264 e. The van der Waals surface area contributed by atoms with Crippen LogP contribution in [-0.4, -0.2) is 26.6 Å². The molecule has 0 bridgehead atoms. The first kappa shape index (κ1) is 19.9. The summed E-state index contributed by atoms with van der Waals surface area (Å²) in [5.74, 6) is -0.538. The molecule has 0 radical (unpaired) electrons. The Hall–Kier alpha value is -2.38. The van der Waals surface area contributed by atoms with Gasteiger partial charge in [0.05, 0.1) is 10.6 Å². The van der Waals surface area contributed by atoms with Gasteiger partial charge in [0.15, 0.2) is 0 Å². The number of sulfonamides is 1. The van der Waals surface area contributed by atoms with E-state index in [4.69, 9.17) is 11.6 Å². The zero-order valence-electron chi connectivity index (χ0n) is 14.7. The number of halogens is 1. The summed E-state index contributed by atoms with van der Waals surface area (Å²) in [6.07, 6.45) is 0. The number of benzene rings is 2. The summed E-state index contributed by atoms with van der Waals surface area (Å²) in [7, 11) is -3.95. The maximum absolute atomic E-state index is 13.1. The third-order valence-electron chi connectivity index (χ3n) is 3.42. The molecule has 26 heavy (non-hydrogen) atoms. The van der Waals surface area contributed by atoms with Gasteiger partial charge in [-0.3, -0.25) is 9.10 Å². The van der Waals surface area contributed by atoms with Gasteiger partial charge in [-0.25, -0.2) is 13.8 Å². The highest BCUT2D eigenvalue weighted by Crippen LogP contribution is 2.25. The predicted molar refractivity (Wildman–Crippen MR) is 104 cm³/mol. The Balaban J connectivity index is 2.42. The molecule has 0 aromatic heterocycles. The second-order valence-electron chi connectivity index (χ2n) is 5.90. The van der Waals surface area contributed by atoms with Gasteiger partial charge in [-0.1, -0.05) is 29.3 Å². The molecule has 0 saturated heterocycles. The molecule has 0 heterocycles. The zero-order chi connectivity index (χ0) is 19.3. The van der Waals surface area contributed by atoms with Crippen molar-refractivity contribution < 1.29 is 13.2 Å². The Morgan fingerprint density at radius 1 is 1.08 bits per heavy atom. The monoisotopic (exact) mass is 393 g/mol. The molecule has 0 unspecified atom stereocenters. The number of hydrazone groups is 1. The molecule has 1 amide bonds. The van der Waals surface area contributed by atoms with Crippen molar-refractivity contribution in [2.24, 2.45) is 5.10 Å². The molecular weight excluding hydrogens is 374 g/mol. The lowest BCUT2D eigenvalue weighted by atomic mass is 10.2. The number of nitrogens with zero attached hydrogens (tertiary/aromatic N) is 2. The number of amides is 1. The molecule has 0 aliphatic rings. The normalized spacial score (nSPS) is 10.9. The van der Waals surface area contributed by atoms with Gasteiger partial charge >= 0.3 is 0 Å². The largest absolute Gasteiger partial charge is 0.271 e. The second-order valence-corrected chi connectivity index (χ2v) is 8.19. The number of carbonyl (C=O) groups is 1. The molecule has 2 aromatic carbocycles. The van der Waals surface area contributed by atoms with E-state index in [1.54, 1.807) is 38.1 Å². The van der Waals surface area contributed by atoms with Gasteiger partial charge in [-0.05, 0) is 57.2 Å². The SMILES string of the molecule is CC(C)=NNC(=O)CN(c1ccc(C)cc1)S(=O)(=O)c1ccc(Cl)cc1. The Morgan fingerprint density at radius 2 is 1.65 bits per heavy atom. The van der Waals surface area contributed by atoms with Crippen molar-refractivity contribution in [1.82, 2.24) is 5.43 Å². The molecule has 0 atom stereocenters. The minimum absolute atomic E-state index is 0.0467. The quantitative estimate of drug-likeness (QED) is 0.603. The van der Waals surface area contributed by atoms with E-state index in [1.165, 1.54) is 24.3 Å². The molecular formula is C18H20ClN3O3S. The van der Waals surface area contributed by atoms with Gasteiger partial charge in [0.2, 0.25) is 0 Å². The second kappa shape index (κ2) is 8.33. The highest BCUT2D eigenvalue weighted by atomic mass is 35.5. The summed E-state index contributed by atoms with van der Waals surface area (Å²) in [6.45, 7) is 4.95. The first-order chi connectivity index (χ1) is 12.2. The summed E-state index contributed by atoms with van der Waals surface area (Å²) in [6, 6.07) is 12.7. The molecule has 8 heteroatoms. The van der Waals surface area contributed by atoms with Gasteiger partial charge in [0.1, 0.15) is 6.54 Å². The fraction of sp³-hybridized carbons (Fsp3) is 0.222. The van der Waals surface area contributed by atoms with E-state index in [1.807, 2.05) is 6.92 Å². The third kappa shape index (κ3) is 5.06. The Kier molecular flexibility index (Phi) is 6.39. The van der Waals surface area contributed by atoms with E-state index in [0.29, 0.717) is 16.4 Å². The number of hydrogen-bond donors (Lipinski definition) is 1. The van der Waals surface area contributed by atoms with Crippen LogP contribution in [0.3, 0.4) is 0 Å². The van der Waals surface area contributed by atoms with E-state index >= 15 is 0 Å². The van der Waals surface area contributed by atoms with E-state index in [-0.39, 0.29) is 4.90 Å². The van der Waals surface area contributed by atoms with Crippen LogP contribution >= 0.6 is 11.6 Å². The number of carbonyl (C=O) groups excluding carboxylic acids is 1. The number of rotatable bonds is 6. The van der Waals surface area contributed by atoms with E-state index in [9.17, 15) is 13.2 Å². The van der Waals surface area contributed by atoms with Crippen molar-refractivity contribution >= 4 is 38.9 Å². The van der Waals surface area contributed by atoms with Crippen molar-refractivity contribution in [3.05, 3.63) is 59.1 Å². The fourth-order valence-electron chi connectivity index (χ4n) is 2.10. The van der Waals surface area contributed by atoms with Crippen molar-refractivity contribution in [2.45, 2.75) is 25.7 Å². The minimum atomic E-state index is -3.95. The van der Waals surface area contributed by atoms with Gasteiger partial charge in [-0.2, -0.15) is 5.10 Å². The van der Waals surface area contributed by atoms with Crippen molar-refractivity contribution in [2.75, 3.05) is 10.8 Å². The van der Waals surface area contributed by atoms with Crippen LogP contribution in [0.4, 0.5) is 5.69 Å². The van der Waals surface area contributed by atoms with Crippen LogP contribution in [0.5, 0.6) is 0 Å². The molecule has 6 nitrogen and oxygen atoms in total. The van der Waals surface area contributed by atoms with Gasteiger partial charge in [0, 0.05) is 10.7 Å². The highest BCUT2D eigenvalue weighted by molar-refractivity contribution is 7.92. The lowest BCUT2D eigenvalue weighted by Gasteiger charge is -2.24. The predicted octanol–water partition coefficient (Wildman–Crippen LogP) is 3.36.